The zero-order chi connectivity index (χ0) is 13.7. The smallest absolute Gasteiger partial charge is 0.326 e. The number of thioether (sulfide) groups is 1. The molecule has 0 bridgehead atoms. The number of amides is 2. The van der Waals surface area contributed by atoms with Gasteiger partial charge in [0.25, 0.3) is 0 Å². The zero-order valence-corrected chi connectivity index (χ0v) is 12.0. The van der Waals surface area contributed by atoms with Gasteiger partial charge in [0.05, 0.1) is 0 Å². The number of carboxylic acids is 1. The van der Waals surface area contributed by atoms with Gasteiger partial charge in [-0.3, -0.25) is 0 Å². The number of nitrogens with one attached hydrogen (secondary N) is 1. The Balaban J connectivity index is 1.81. The SMILES string of the molecule is O=C(O)C1CCCCN1C(=O)NCC1CCSCC1. The second kappa shape index (κ2) is 7.03. The highest BCUT2D eigenvalue weighted by Gasteiger charge is 2.32. The number of carboxylic acid groups (broad SMARTS) is 1. The van der Waals surface area contributed by atoms with Gasteiger partial charge in [-0.05, 0) is 49.5 Å². The first kappa shape index (κ1) is 14.5. The molecule has 0 saturated carbocycles. The van der Waals surface area contributed by atoms with E-state index >= 15 is 0 Å². The van der Waals surface area contributed by atoms with Crippen molar-refractivity contribution in [2.45, 2.75) is 38.1 Å². The summed E-state index contributed by atoms with van der Waals surface area (Å²) < 4.78 is 0. The molecule has 2 heterocycles. The molecule has 0 radical (unpaired) electrons. The number of hydrogen-bond acceptors (Lipinski definition) is 3. The van der Waals surface area contributed by atoms with Crippen LogP contribution in [0.15, 0.2) is 0 Å². The number of carbonyl (C=O) groups is 2. The minimum Gasteiger partial charge on any atom is -0.480 e. The summed E-state index contributed by atoms with van der Waals surface area (Å²) in [7, 11) is 0. The number of hydrogen-bond donors (Lipinski definition) is 2. The summed E-state index contributed by atoms with van der Waals surface area (Å²) in [6.45, 7) is 1.24. The van der Waals surface area contributed by atoms with Crippen LogP contribution in [-0.4, -0.2) is 52.6 Å². The molecule has 0 aromatic heterocycles. The van der Waals surface area contributed by atoms with Crippen LogP contribution < -0.4 is 5.32 Å². The summed E-state index contributed by atoms with van der Waals surface area (Å²) in [6.07, 6.45) is 4.65. The van der Waals surface area contributed by atoms with Crippen molar-refractivity contribution in [2.75, 3.05) is 24.6 Å². The molecule has 0 aliphatic carbocycles. The van der Waals surface area contributed by atoms with E-state index in [1.54, 1.807) is 0 Å². The fraction of sp³-hybridized carbons (Fsp3) is 0.846. The highest BCUT2D eigenvalue weighted by molar-refractivity contribution is 7.99. The van der Waals surface area contributed by atoms with E-state index in [0.29, 0.717) is 25.4 Å². The van der Waals surface area contributed by atoms with Gasteiger partial charge < -0.3 is 15.3 Å². The standard InChI is InChI=1S/C13H22N2O3S/c16-12(17)11-3-1-2-6-15(11)13(18)14-9-10-4-7-19-8-5-10/h10-11H,1-9H2,(H,14,18)(H,16,17). The maximum atomic E-state index is 12.1. The summed E-state index contributed by atoms with van der Waals surface area (Å²) in [5.74, 6) is 2.01. The zero-order valence-electron chi connectivity index (χ0n) is 11.1. The van der Waals surface area contributed by atoms with Crippen LogP contribution in [-0.2, 0) is 4.79 Å². The number of aliphatic carboxylic acids is 1. The third kappa shape index (κ3) is 4.03. The van der Waals surface area contributed by atoms with Crippen molar-refractivity contribution in [3.05, 3.63) is 0 Å². The Morgan fingerprint density at radius 1 is 1.21 bits per heavy atom. The summed E-state index contributed by atoms with van der Waals surface area (Å²) >= 11 is 1.96. The van der Waals surface area contributed by atoms with E-state index in [1.165, 1.54) is 16.4 Å². The molecule has 2 fully saturated rings. The van der Waals surface area contributed by atoms with Gasteiger partial charge in [0.1, 0.15) is 6.04 Å². The van der Waals surface area contributed by atoms with E-state index in [0.717, 1.165) is 25.7 Å². The Hall–Kier alpha value is -0.910. The lowest BCUT2D eigenvalue weighted by Gasteiger charge is -2.33. The van der Waals surface area contributed by atoms with E-state index in [-0.39, 0.29) is 6.03 Å². The molecule has 0 aromatic rings. The lowest BCUT2D eigenvalue weighted by Crippen LogP contribution is -2.52. The van der Waals surface area contributed by atoms with Crippen LogP contribution in [0.1, 0.15) is 32.1 Å². The summed E-state index contributed by atoms with van der Waals surface area (Å²) in [5.41, 5.74) is 0. The molecule has 2 aliphatic rings. The van der Waals surface area contributed by atoms with Crippen LogP contribution in [0.25, 0.3) is 0 Å². The van der Waals surface area contributed by atoms with Crippen LogP contribution in [0.4, 0.5) is 4.79 Å². The Kier molecular flexibility index (Phi) is 5.36. The molecule has 1 atom stereocenters. The van der Waals surface area contributed by atoms with Gasteiger partial charge in [0, 0.05) is 13.1 Å². The van der Waals surface area contributed by atoms with Crippen LogP contribution in [0.3, 0.4) is 0 Å². The molecule has 0 aromatic carbocycles. The second-order valence-electron chi connectivity index (χ2n) is 5.29. The normalized spacial score (nSPS) is 25.1. The van der Waals surface area contributed by atoms with Crippen LogP contribution in [0.5, 0.6) is 0 Å². The van der Waals surface area contributed by atoms with Gasteiger partial charge in [-0.15, -0.1) is 0 Å². The molecular formula is C13H22N2O3S. The van der Waals surface area contributed by atoms with E-state index in [2.05, 4.69) is 5.32 Å². The average Bonchev–Trinajstić information content (AvgIpc) is 2.46. The summed E-state index contributed by atoms with van der Waals surface area (Å²) in [6, 6.07) is -0.846. The van der Waals surface area contributed by atoms with Crippen molar-refractivity contribution in [3.8, 4) is 0 Å². The molecule has 2 aliphatic heterocycles. The van der Waals surface area contributed by atoms with Crippen molar-refractivity contribution in [2.24, 2.45) is 5.92 Å². The number of urea groups is 1. The first-order valence-corrected chi connectivity index (χ1v) is 8.19. The topological polar surface area (TPSA) is 69.6 Å². The Morgan fingerprint density at radius 2 is 1.95 bits per heavy atom. The maximum absolute atomic E-state index is 12.1. The lowest BCUT2D eigenvalue weighted by molar-refractivity contribution is -0.143. The number of rotatable bonds is 3. The van der Waals surface area contributed by atoms with Gasteiger partial charge in [-0.2, -0.15) is 11.8 Å². The number of nitrogens with zero attached hydrogens (tertiary/aromatic N) is 1. The third-order valence-electron chi connectivity index (χ3n) is 3.93. The summed E-state index contributed by atoms with van der Waals surface area (Å²) in [5, 5.41) is 12.1. The van der Waals surface area contributed by atoms with Crippen molar-refractivity contribution in [1.82, 2.24) is 10.2 Å². The maximum Gasteiger partial charge on any atom is 0.326 e. The van der Waals surface area contributed by atoms with Crippen LogP contribution in [0, 0.1) is 5.92 Å². The average molecular weight is 286 g/mol. The van der Waals surface area contributed by atoms with Gasteiger partial charge in [-0.25, -0.2) is 9.59 Å². The Morgan fingerprint density at radius 3 is 2.63 bits per heavy atom. The lowest BCUT2D eigenvalue weighted by atomic mass is 10.0. The molecule has 2 saturated heterocycles. The van der Waals surface area contributed by atoms with Gasteiger partial charge in [0.15, 0.2) is 0 Å². The summed E-state index contributed by atoms with van der Waals surface area (Å²) in [4.78, 5) is 24.7. The van der Waals surface area contributed by atoms with Gasteiger partial charge in [-0.1, -0.05) is 0 Å². The predicted molar refractivity (Wildman–Crippen MR) is 75.4 cm³/mol. The largest absolute Gasteiger partial charge is 0.480 e. The monoisotopic (exact) mass is 286 g/mol. The second-order valence-corrected chi connectivity index (χ2v) is 6.51. The van der Waals surface area contributed by atoms with E-state index in [9.17, 15) is 9.59 Å². The van der Waals surface area contributed by atoms with E-state index in [1.807, 2.05) is 11.8 Å². The first-order valence-electron chi connectivity index (χ1n) is 7.03. The number of likely N-dealkylation sites (tertiary alicyclic amines) is 1. The fourth-order valence-corrected chi connectivity index (χ4v) is 3.92. The molecule has 5 nitrogen and oxygen atoms in total. The van der Waals surface area contributed by atoms with Crippen molar-refractivity contribution in [1.29, 1.82) is 0 Å². The van der Waals surface area contributed by atoms with E-state index in [4.69, 9.17) is 5.11 Å². The minimum atomic E-state index is -0.885. The third-order valence-corrected chi connectivity index (χ3v) is 4.98. The minimum absolute atomic E-state index is 0.203. The number of piperidine rings is 1. The molecule has 2 amide bonds. The number of carbonyl (C=O) groups excluding carboxylic acids is 1. The van der Waals surface area contributed by atoms with Crippen LogP contribution >= 0.6 is 11.8 Å². The molecule has 108 valence electrons. The molecule has 0 spiro atoms. The Bertz CT molecular complexity index is 332. The molecule has 6 heteroatoms. The van der Waals surface area contributed by atoms with Crippen molar-refractivity contribution < 1.29 is 14.7 Å². The molecule has 19 heavy (non-hydrogen) atoms. The first-order chi connectivity index (χ1) is 9.18. The molecule has 1 unspecified atom stereocenters. The Labute approximate surface area is 118 Å². The predicted octanol–water partition coefficient (Wildman–Crippen LogP) is 1.78. The van der Waals surface area contributed by atoms with Crippen molar-refractivity contribution in [3.63, 3.8) is 0 Å². The van der Waals surface area contributed by atoms with E-state index < -0.39 is 12.0 Å². The molecule has 2 N–H and O–H groups in total. The van der Waals surface area contributed by atoms with Crippen LogP contribution in [0.2, 0.25) is 0 Å². The molecule has 2 rings (SSSR count). The van der Waals surface area contributed by atoms with Gasteiger partial charge in [0.2, 0.25) is 0 Å². The van der Waals surface area contributed by atoms with Crippen molar-refractivity contribution >= 4 is 23.8 Å². The fourth-order valence-electron chi connectivity index (χ4n) is 2.72. The quantitative estimate of drug-likeness (QED) is 0.829. The highest BCUT2D eigenvalue weighted by atomic mass is 32.2. The molecular weight excluding hydrogens is 264 g/mol. The van der Waals surface area contributed by atoms with Gasteiger partial charge >= 0.3 is 12.0 Å². The highest BCUT2D eigenvalue weighted by Crippen LogP contribution is 2.22.